The van der Waals surface area contributed by atoms with Crippen LogP contribution in [0.3, 0.4) is 0 Å². The molecule has 0 saturated carbocycles. The first kappa shape index (κ1) is 42.1. The number of halogens is 2. The topological polar surface area (TPSA) is 36.9 Å². The highest BCUT2D eigenvalue weighted by molar-refractivity contribution is 5.42. The summed E-state index contributed by atoms with van der Waals surface area (Å²) in [5.41, 5.74) is 7.62. The summed E-state index contributed by atoms with van der Waals surface area (Å²) in [6, 6.07) is 45.7. The van der Waals surface area contributed by atoms with E-state index in [1.807, 2.05) is 73.7 Å². The maximum Gasteiger partial charge on any atom is 0.165 e. The van der Waals surface area contributed by atoms with Crippen LogP contribution in [0, 0.1) is 32.4 Å². The van der Waals surface area contributed by atoms with Gasteiger partial charge in [-0.1, -0.05) is 109 Å². The fraction of sp³-hybridized carbons (Fsp3) is 0.265. The first-order chi connectivity index (χ1) is 26.9. The summed E-state index contributed by atoms with van der Waals surface area (Å²) in [7, 11) is 1.66. The monoisotopic (exact) mass is 744 g/mol. The first-order valence-electron chi connectivity index (χ1n) is 19.0. The average Bonchev–Trinajstić information content (AvgIpc) is 3.25. The molecule has 0 N–H and O–H groups in total. The molecule has 6 aromatic carbocycles. The fourth-order valence-corrected chi connectivity index (χ4v) is 5.95. The molecular weight excluding hydrogens is 691 g/mol. The molecule has 0 fully saturated rings. The van der Waals surface area contributed by atoms with Crippen molar-refractivity contribution in [2.75, 3.05) is 26.9 Å². The Bertz CT molecular complexity index is 1860. The molecule has 0 aliphatic carbocycles. The van der Waals surface area contributed by atoms with Gasteiger partial charge in [-0.15, -0.1) is 0 Å². The number of methoxy groups -OCH3 is 1. The van der Waals surface area contributed by atoms with E-state index in [0.29, 0.717) is 12.4 Å². The Labute approximate surface area is 326 Å². The lowest BCUT2D eigenvalue weighted by molar-refractivity contribution is 0.272. The van der Waals surface area contributed by atoms with Gasteiger partial charge in [-0.2, -0.15) is 0 Å². The van der Waals surface area contributed by atoms with E-state index in [-0.39, 0.29) is 11.6 Å². The molecule has 55 heavy (non-hydrogen) atoms. The third kappa shape index (κ3) is 15.0. The highest BCUT2D eigenvalue weighted by atomic mass is 19.1. The Morgan fingerprint density at radius 3 is 1.55 bits per heavy atom. The Morgan fingerprint density at radius 1 is 0.473 bits per heavy atom. The zero-order valence-corrected chi connectivity index (χ0v) is 32.6. The van der Waals surface area contributed by atoms with E-state index >= 15 is 0 Å². The van der Waals surface area contributed by atoms with Gasteiger partial charge in [-0.05, 0) is 124 Å². The van der Waals surface area contributed by atoms with E-state index in [4.69, 9.17) is 18.9 Å². The van der Waals surface area contributed by atoms with Gasteiger partial charge in [-0.3, -0.25) is 0 Å². The Morgan fingerprint density at radius 2 is 1.00 bits per heavy atom. The van der Waals surface area contributed by atoms with Gasteiger partial charge in [0.15, 0.2) is 11.6 Å². The van der Waals surface area contributed by atoms with Gasteiger partial charge in [-0.25, -0.2) is 8.78 Å². The lowest BCUT2D eigenvalue weighted by atomic mass is 10.0. The van der Waals surface area contributed by atoms with Gasteiger partial charge in [0.1, 0.15) is 23.1 Å². The van der Waals surface area contributed by atoms with Crippen LogP contribution in [0.1, 0.15) is 52.6 Å². The summed E-state index contributed by atoms with van der Waals surface area (Å²) in [5.74, 6) is 3.15. The van der Waals surface area contributed by atoms with Crippen molar-refractivity contribution in [1.82, 2.24) is 0 Å². The molecule has 0 saturated heterocycles. The smallest absolute Gasteiger partial charge is 0.165 e. The quantitative estimate of drug-likeness (QED) is 0.168. The number of aryl methyl sites for hydroxylation is 4. The van der Waals surface area contributed by atoms with E-state index < -0.39 is 0 Å². The van der Waals surface area contributed by atoms with Crippen LogP contribution in [0.2, 0.25) is 0 Å². The van der Waals surface area contributed by atoms with Crippen molar-refractivity contribution >= 4 is 0 Å². The van der Waals surface area contributed by atoms with Crippen LogP contribution < -0.4 is 18.9 Å². The third-order valence-electron chi connectivity index (χ3n) is 8.93. The van der Waals surface area contributed by atoms with Crippen molar-refractivity contribution in [1.29, 1.82) is 0 Å². The van der Waals surface area contributed by atoms with E-state index in [1.165, 1.54) is 53.3 Å². The summed E-state index contributed by atoms with van der Waals surface area (Å²) in [5, 5.41) is 0. The predicted octanol–water partition coefficient (Wildman–Crippen LogP) is 12.3. The van der Waals surface area contributed by atoms with E-state index in [0.717, 1.165) is 67.3 Å². The lowest BCUT2D eigenvalue weighted by Gasteiger charge is -2.19. The second-order valence-corrected chi connectivity index (χ2v) is 13.2. The number of benzene rings is 6. The molecule has 0 radical (unpaired) electrons. The van der Waals surface area contributed by atoms with Crippen molar-refractivity contribution in [2.24, 2.45) is 0 Å². The maximum atomic E-state index is 13.1. The summed E-state index contributed by atoms with van der Waals surface area (Å²) >= 11 is 0. The zero-order chi connectivity index (χ0) is 39.1. The van der Waals surface area contributed by atoms with Crippen molar-refractivity contribution in [2.45, 2.75) is 59.3 Å². The molecule has 6 aromatic rings. The van der Waals surface area contributed by atoms with Crippen LogP contribution >= 0.6 is 0 Å². The van der Waals surface area contributed by atoms with Crippen LogP contribution in [0.4, 0.5) is 8.78 Å². The third-order valence-corrected chi connectivity index (χ3v) is 8.93. The second kappa shape index (κ2) is 23.9. The molecule has 288 valence electrons. The van der Waals surface area contributed by atoms with Gasteiger partial charge in [0.25, 0.3) is 0 Å². The molecule has 0 aromatic heterocycles. The standard InChI is InChI=1S/C10H11FO.C10H12O.C9H10O.C7H8O.C7H8.C6H5F/c1-7-4-5-9(11)10-8(7)3-2-6-12-10;1-8-4-2-6-10-9(8)5-3-7-11-10;1-2-6-9-8(4-1)5-3-7-10-9;1-8-7-5-3-2-4-6-7;1-7-5-3-2-4-6-7;7-6-4-2-1-3-5-6/h4-5H,2-3,6H2,1H3;2,4,6H,3,5,7H2,1H3;1-2,4,6H,3,5,7H2;2-6H,1H3;2-6H,1H3;1-5H. The molecule has 0 spiro atoms. The molecule has 3 aliphatic rings. The average molecular weight is 745 g/mol. The number of ether oxygens (including phenoxy) is 4. The van der Waals surface area contributed by atoms with Crippen molar-refractivity contribution in [3.05, 3.63) is 191 Å². The van der Waals surface area contributed by atoms with Crippen molar-refractivity contribution in [3.8, 4) is 23.0 Å². The largest absolute Gasteiger partial charge is 0.497 e. The van der Waals surface area contributed by atoms with E-state index in [9.17, 15) is 8.78 Å². The summed E-state index contributed by atoms with van der Waals surface area (Å²) in [6.45, 7) is 8.64. The first-order valence-corrected chi connectivity index (χ1v) is 19.0. The molecule has 3 heterocycles. The van der Waals surface area contributed by atoms with Gasteiger partial charge in [0, 0.05) is 5.56 Å². The van der Waals surface area contributed by atoms with Gasteiger partial charge >= 0.3 is 0 Å². The molecule has 3 aliphatic heterocycles. The van der Waals surface area contributed by atoms with Crippen LogP contribution in [-0.4, -0.2) is 26.9 Å². The minimum Gasteiger partial charge on any atom is -0.497 e. The Balaban J connectivity index is 0.000000149. The Kier molecular flexibility index (Phi) is 18.3. The fourth-order valence-electron chi connectivity index (χ4n) is 5.95. The SMILES string of the molecule is COc1ccccc1.Cc1ccc(F)c2c1CCCO2.Cc1cccc2c1CCCO2.Cc1ccccc1.Fc1ccccc1.c1ccc2c(c1)CCCO2. The Hall–Kier alpha value is -5.62. The molecular formula is C49H54F2O4. The highest BCUT2D eigenvalue weighted by Crippen LogP contribution is 2.30. The van der Waals surface area contributed by atoms with Crippen molar-refractivity contribution < 1.29 is 27.7 Å². The molecule has 0 unspecified atom stereocenters. The van der Waals surface area contributed by atoms with Crippen LogP contribution in [0.15, 0.2) is 146 Å². The van der Waals surface area contributed by atoms with Gasteiger partial charge in [0.05, 0.1) is 26.9 Å². The molecule has 9 rings (SSSR count). The molecule has 0 atom stereocenters. The number of fused-ring (bicyclic) bond motifs is 3. The molecule has 0 amide bonds. The number of para-hydroxylation sites is 2. The minimum atomic E-state index is -0.227. The highest BCUT2D eigenvalue weighted by Gasteiger charge is 2.16. The van der Waals surface area contributed by atoms with Crippen LogP contribution in [0.25, 0.3) is 0 Å². The van der Waals surface area contributed by atoms with Crippen LogP contribution in [-0.2, 0) is 19.3 Å². The summed E-state index contributed by atoms with van der Waals surface area (Å²) < 4.78 is 46.1. The summed E-state index contributed by atoms with van der Waals surface area (Å²) in [6.07, 6.45) is 6.63. The molecule has 0 bridgehead atoms. The maximum absolute atomic E-state index is 13.1. The zero-order valence-electron chi connectivity index (χ0n) is 32.6. The number of hydrogen-bond acceptors (Lipinski definition) is 4. The number of rotatable bonds is 1. The van der Waals surface area contributed by atoms with Gasteiger partial charge < -0.3 is 18.9 Å². The minimum absolute atomic E-state index is 0.178. The summed E-state index contributed by atoms with van der Waals surface area (Å²) in [4.78, 5) is 0. The van der Waals surface area contributed by atoms with Crippen molar-refractivity contribution in [3.63, 3.8) is 0 Å². The normalized spacial score (nSPS) is 12.7. The van der Waals surface area contributed by atoms with Crippen LogP contribution in [0.5, 0.6) is 23.0 Å². The molecule has 4 nitrogen and oxygen atoms in total. The lowest BCUT2D eigenvalue weighted by Crippen LogP contribution is -2.11. The van der Waals surface area contributed by atoms with E-state index in [1.54, 1.807) is 25.3 Å². The van der Waals surface area contributed by atoms with E-state index in [2.05, 4.69) is 56.3 Å². The molecule has 6 heteroatoms. The number of hydrogen-bond donors (Lipinski definition) is 0. The predicted molar refractivity (Wildman–Crippen MR) is 221 cm³/mol. The second-order valence-electron chi connectivity index (χ2n) is 13.2. The van der Waals surface area contributed by atoms with Gasteiger partial charge in [0.2, 0.25) is 0 Å².